The number of amides is 2. The number of nitrogens with zero attached hydrogens (tertiary/aromatic N) is 6. The zero-order valence-electron chi connectivity index (χ0n) is 21.3. The fourth-order valence-corrected chi connectivity index (χ4v) is 3.56. The first-order chi connectivity index (χ1) is 17.1. The highest BCUT2D eigenvalue weighted by atomic mass is 16.5. The Morgan fingerprint density at radius 3 is 2.88 bits per heavy atom. The monoisotopic (exact) mass is 454 g/mol. The van der Waals surface area contributed by atoms with Crippen LogP contribution in [0.15, 0.2) is 24.5 Å². The molecule has 0 radical (unpaired) electrons. The van der Waals surface area contributed by atoms with Gasteiger partial charge in [-0.05, 0) is 18.4 Å². The van der Waals surface area contributed by atoms with Crippen LogP contribution in [0.4, 0.5) is 17.3 Å². The fraction of sp³-hybridized carbons (Fsp3) is 0.381. The normalized spacial score (nSPS) is 18.5. The summed E-state index contributed by atoms with van der Waals surface area (Å²) in [5, 5.41) is 23.7. The Balaban J connectivity index is 1.70. The van der Waals surface area contributed by atoms with Crippen LogP contribution in [-0.4, -0.2) is 56.1 Å². The van der Waals surface area contributed by atoms with Gasteiger partial charge in [0.1, 0.15) is 5.69 Å². The molecule has 3 heterocycles. The van der Waals surface area contributed by atoms with E-state index in [0.29, 0.717) is 22.9 Å². The SMILES string of the molecule is [2H]C([2H])([2H])NC(=O)c1nnc(NC(=O)[C@@H]2C[C@H]2CC)cc1Nc1nccc(-c2cnn(C)n2)c1OC. The van der Waals surface area contributed by atoms with E-state index in [9.17, 15) is 9.59 Å². The quantitative estimate of drug-likeness (QED) is 0.463. The first-order valence-corrected chi connectivity index (χ1v) is 10.3. The third-order valence-corrected chi connectivity index (χ3v) is 5.39. The third kappa shape index (κ3) is 4.59. The molecule has 2 amide bonds. The Hall–Kier alpha value is -4.09. The molecule has 12 heteroatoms. The third-order valence-electron chi connectivity index (χ3n) is 5.39. The first-order valence-electron chi connectivity index (χ1n) is 11.8. The van der Waals surface area contributed by atoms with Gasteiger partial charge in [-0.15, -0.1) is 10.2 Å². The molecular formula is C21H25N9O3. The number of ether oxygens (including phenoxy) is 1. The fourth-order valence-electron chi connectivity index (χ4n) is 3.56. The number of rotatable bonds is 8. The molecule has 4 rings (SSSR count). The number of methoxy groups -OCH3 is 1. The van der Waals surface area contributed by atoms with Crippen molar-refractivity contribution in [1.29, 1.82) is 0 Å². The van der Waals surface area contributed by atoms with Crippen molar-refractivity contribution in [3.05, 3.63) is 30.2 Å². The Morgan fingerprint density at radius 2 is 2.21 bits per heavy atom. The minimum Gasteiger partial charge on any atom is -0.492 e. The van der Waals surface area contributed by atoms with Crippen molar-refractivity contribution < 1.29 is 18.4 Å². The molecule has 172 valence electrons. The van der Waals surface area contributed by atoms with Crippen LogP contribution in [-0.2, 0) is 11.8 Å². The summed E-state index contributed by atoms with van der Waals surface area (Å²) in [6, 6.07) is 3.07. The minimum atomic E-state index is -2.74. The molecule has 0 unspecified atom stereocenters. The molecule has 1 aliphatic rings. The molecule has 0 spiro atoms. The molecule has 3 aromatic heterocycles. The van der Waals surface area contributed by atoms with Crippen LogP contribution in [0.3, 0.4) is 0 Å². The number of hydrogen-bond acceptors (Lipinski definition) is 9. The van der Waals surface area contributed by atoms with Crippen molar-refractivity contribution in [2.45, 2.75) is 19.8 Å². The Labute approximate surface area is 194 Å². The van der Waals surface area contributed by atoms with E-state index in [1.807, 2.05) is 12.2 Å². The van der Waals surface area contributed by atoms with Gasteiger partial charge < -0.3 is 20.7 Å². The average molecular weight is 455 g/mol. The molecule has 3 aromatic rings. The van der Waals surface area contributed by atoms with Crippen molar-refractivity contribution >= 4 is 29.1 Å². The van der Waals surface area contributed by atoms with Gasteiger partial charge in [0.05, 0.1) is 24.6 Å². The van der Waals surface area contributed by atoms with Gasteiger partial charge in [-0.1, -0.05) is 13.3 Å². The summed E-state index contributed by atoms with van der Waals surface area (Å²) in [5.41, 5.74) is 0.852. The molecule has 2 atom stereocenters. The topological polar surface area (TPSA) is 149 Å². The number of hydrogen-bond donors (Lipinski definition) is 3. The number of anilines is 3. The zero-order chi connectivity index (χ0) is 26.0. The molecule has 12 nitrogen and oxygen atoms in total. The maximum absolute atomic E-state index is 12.7. The molecule has 1 fully saturated rings. The maximum atomic E-state index is 12.7. The lowest BCUT2D eigenvalue weighted by molar-refractivity contribution is -0.117. The van der Waals surface area contributed by atoms with Crippen molar-refractivity contribution in [2.24, 2.45) is 18.9 Å². The highest BCUT2D eigenvalue weighted by molar-refractivity contribution is 6.00. The highest BCUT2D eigenvalue weighted by Gasteiger charge is 2.41. The summed E-state index contributed by atoms with van der Waals surface area (Å²) in [6.45, 7) is -0.723. The molecule has 3 N–H and O–H groups in total. The van der Waals surface area contributed by atoms with E-state index in [-0.39, 0.29) is 34.8 Å². The zero-order valence-corrected chi connectivity index (χ0v) is 18.3. The van der Waals surface area contributed by atoms with Gasteiger partial charge in [0.25, 0.3) is 5.91 Å². The van der Waals surface area contributed by atoms with Gasteiger partial charge in [0.15, 0.2) is 23.1 Å². The van der Waals surface area contributed by atoms with Crippen LogP contribution in [0.1, 0.15) is 34.4 Å². The summed E-state index contributed by atoms with van der Waals surface area (Å²) in [6.07, 6.45) is 4.76. The van der Waals surface area contributed by atoms with E-state index in [1.165, 1.54) is 24.2 Å². The van der Waals surface area contributed by atoms with Crippen LogP contribution in [0.25, 0.3) is 11.3 Å². The van der Waals surface area contributed by atoms with Crippen LogP contribution in [0, 0.1) is 11.8 Å². The lowest BCUT2D eigenvalue weighted by Gasteiger charge is -2.15. The molecule has 1 saturated carbocycles. The first kappa shape index (κ1) is 18.5. The second-order valence-corrected chi connectivity index (χ2v) is 7.53. The Bertz CT molecular complexity index is 1300. The Morgan fingerprint density at radius 1 is 1.36 bits per heavy atom. The van der Waals surface area contributed by atoms with Crippen LogP contribution >= 0.6 is 0 Å². The molecule has 0 aliphatic heterocycles. The van der Waals surface area contributed by atoms with E-state index < -0.39 is 12.9 Å². The van der Waals surface area contributed by atoms with Gasteiger partial charge >= 0.3 is 0 Å². The van der Waals surface area contributed by atoms with Gasteiger partial charge in [0.2, 0.25) is 5.91 Å². The standard InChI is InChI=1S/C21H25N9O3/c1-5-11-8-13(11)20(31)26-16-9-14(17(28-27-16)21(32)22-2)25-19-18(33-4)12(6-7-23-19)15-10-24-30(3)29-15/h6-7,9-11,13H,5,8H2,1-4H3,(H,22,32)(H2,23,25,26,27,31)/t11-,13-/m1/s1/i2D3. The van der Waals surface area contributed by atoms with E-state index >= 15 is 0 Å². The number of carbonyl (C=O) groups excluding carboxylic acids is 2. The highest BCUT2D eigenvalue weighted by Crippen LogP contribution is 2.41. The second-order valence-electron chi connectivity index (χ2n) is 7.53. The van der Waals surface area contributed by atoms with Crippen LogP contribution in [0.2, 0.25) is 0 Å². The molecule has 1 aliphatic carbocycles. The van der Waals surface area contributed by atoms with Crippen LogP contribution in [0.5, 0.6) is 5.75 Å². The lowest BCUT2D eigenvalue weighted by atomic mass is 10.2. The van der Waals surface area contributed by atoms with Crippen LogP contribution < -0.4 is 20.7 Å². The average Bonchev–Trinajstić information content (AvgIpc) is 3.49. The lowest BCUT2D eigenvalue weighted by Crippen LogP contribution is -2.23. The molecule has 0 aromatic carbocycles. The number of carbonyl (C=O) groups is 2. The minimum absolute atomic E-state index is 0.0620. The van der Waals surface area contributed by atoms with Crippen molar-refractivity contribution in [3.63, 3.8) is 0 Å². The summed E-state index contributed by atoms with van der Waals surface area (Å²) in [4.78, 5) is 30.9. The number of aromatic nitrogens is 6. The Kier molecular flexibility index (Phi) is 5.14. The summed E-state index contributed by atoms with van der Waals surface area (Å²) in [5.74, 6) is -0.358. The number of pyridine rings is 1. The molecule has 0 bridgehead atoms. The predicted octanol–water partition coefficient (Wildman–Crippen LogP) is 1.76. The van der Waals surface area contributed by atoms with E-state index in [1.54, 1.807) is 19.3 Å². The summed E-state index contributed by atoms with van der Waals surface area (Å²) in [7, 11) is 3.12. The van der Waals surface area contributed by atoms with E-state index in [4.69, 9.17) is 8.85 Å². The van der Waals surface area contributed by atoms with Crippen molar-refractivity contribution in [1.82, 2.24) is 35.5 Å². The van der Waals surface area contributed by atoms with Gasteiger partial charge in [-0.3, -0.25) is 9.59 Å². The molecular weight excluding hydrogens is 426 g/mol. The van der Waals surface area contributed by atoms with Gasteiger partial charge in [0, 0.05) is 36.3 Å². The maximum Gasteiger partial charge on any atom is 0.273 e. The smallest absolute Gasteiger partial charge is 0.273 e. The van der Waals surface area contributed by atoms with Crippen molar-refractivity contribution in [3.8, 4) is 17.0 Å². The summed E-state index contributed by atoms with van der Waals surface area (Å²) >= 11 is 0. The van der Waals surface area contributed by atoms with E-state index in [0.717, 1.165) is 12.8 Å². The van der Waals surface area contributed by atoms with Gasteiger partial charge in [-0.25, -0.2) is 4.98 Å². The largest absolute Gasteiger partial charge is 0.492 e. The molecule has 33 heavy (non-hydrogen) atoms. The number of nitrogens with one attached hydrogen (secondary N) is 3. The van der Waals surface area contributed by atoms with Crippen molar-refractivity contribution in [2.75, 3.05) is 24.7 Å². The number of aryl methyl sites for hydroxylation is 1. The van der Waals surface area contributed by atoms with E-state index in [2.05, 4.69) is 36.0 Å². The predicted molar refractivity (Wildman–Crippen MR) is 120 cm³/mol. The molecule has 0 saturated heterocycles. The second kappa shape index (κ2) is 9.18. The summed E-state index contributed by atoms with van der Waals surface area (Å²) < 4.78 is 27.6. The van der Waals surface area contributed by atoms with Gasteiger partial charge in [-0.2, -0.15) is 15.0 Å².